The molecule has 0 saturated heterocycles. The first kappa shape index (κ1) is 27.9. The molecule has 0 fully saturated rings. The minimum absolute atomic E-state index is 0.131. The number of aliphatic carboxylic acids is 1. The van der Waals surface area contributed by atoms with Crippen molar-refractivity contribution < 1.29 is 33.3 Å². The van der Waals surface area contributed by atoms with Crippen molar-refractivity contribution in [3.63, 3.8) is 0 Å². The van der Waals surface area contributed by atoms with E-state index in [0.717, 1.165) is 33.7 Å². The van der Waals surface area contributed by atoms with Gasteiger partial charge >= 0.3 is 5.97 Å². The molecule has 0 bridgehead atoms. The Bertz CT molecular complexity index is 1730. The Balaban J connectivity index is 1.06. The Morgan fingerprint density at radius 2 is 1.58 bits per heavy atom. The van der Waals surface area contributed by atoms with Crippen LogP contribution in [-0.2, 0) is 17.6 Å². The zero-order valence-corrected chi connectivity index (χ0v) is 23.9. The van der Waals surface area contributed by atoms with E-state index >= 15 is 0 Å². The number of carbonyl (C=O) groups is 1. The van der Waals surface area contributed by atoms with E-state index in [-0.39, 0.29) is 13.2 Å². The molecule has 0 spiro atoms. The van der Waals surface area contributed by atoms with Crippen molar-refractivity contribution in [3.05, 3.63) is 114 Å². The van der Waals surface area contributed by atoms with Gasteiger partial charge in [-0.15, -0.1) is 0 Å². The van der Waals surface area contributed by atoms with Gasteiger partial charge in [-0.3, -0.25) is 0 Å². The van der Waals surface area contributed by atoms with Crippen LogP contribution in [0.5, 0.6) is 23.0 Å². The molecule has 43 heavy (non-hydrogen) atoms. The van der Waals surface area contributed by atoms with Gasteiger partial charge in [0.2, 0.25) is 18.3 Å². The first-order valence-electron chi connectivity index (χ1n) is 14.0. The lowest BCUT2D eigenvalue weighted by Crippen LogP contribution is -2.43. The maximum atomic E-state index is 12.2. The number of hydrogen-bond donors (Lipinski definition) is 1. The quantitative estimate of drug-likeness (QED) is 0.177. The Morgan fingerprint density at radius 1 is 0.860 bits per heavy atom. The number of ether oxygens (including phenoxy) is 4. The van der Waals surface area contributed by atoms with Crippen LogP contribution >= 0.6 is 0 Å². The second-order valence-electron chi connectivity index (χ2n) is 10.5. The maximum absolute atomic E-state index is 12.2. The number of rotatable bonds is 11. The van der Waals surface area contributed by atoms with Gasteiger partial charge in [-0.25, -0.2) is 9.78 Å². The molecule has 6 rings (SSSR count). The summed E-state index contributed by atoms with van der Waals surface area (Å²) < 4.78 is 28.6. The number of fused-ring (bicyclic) bond motifs is 1. The molecule has 8 nitrogen and oxygen atoms in total. The van der Waals surface area contributed by atoms with Gasteiger partial charge in [0.05, 0.1) is 12.3 Å². The molecule has 1 aromatic heterocycles. The summed E-state index contributed by atoms with van der Waals surface area (Å²) in [6, 6.07) is 30.7. The average Bonchev–Trinajstić information content (AvgIpc) is 3.64. The normalized spacial score (nSPS) is 13.3. The summed E-state index contributed by atoms with van der Waals surface area (Å²) in [6.45, 7) is 4.01. The third kappa shape index (κ3) is 6.33. The van der Waals surface area contributed by atoms with Crippen LogP contribution in [0, 0.1) is 6.92 Å². The van der Waals surface area contributed by atoms with Crippen molar-refractivity contribution in [2.45, 2.75) is 32.3 Å². The summed E-state index contributed by atoms with van der Waals surface area (Å²) in [7, 11) is 0. The molecule has 1 unspecified atom stereocenters. The largest absolute Gasteiger partial charge is 0.493 e. The zero-order chi connectivity index (χ0) is 29.8. The van der Waals surface area contributed by atoms with Crippen LogP contribution in [0.15, 0.2) is 101 Å². The smallest absolute Gasteiger partial charge is 0.348 e. The van der Waals surface area contributed by atoms with Gasteiger partial charge in [0.1, 0.15) is 17.3 Å². The standard InChI is InChI=1S/C35H31NO7/c1-23-30(36-33(42-23)27-10-6-9-26(19-27)25-7-4-3-5-8-25)17-18-39-28-13-11-24(12-14-28)21-35(2,34(37)38)43-29-15-16-31-32(20-29)41-22-40-31/h3-16,19-20H,17-18,21-22H2,1-2H3,(H,37,38). The van der Waals surface area contributed by atoms with E-state index in [1.54, 1.807) is 25.1 Å². The van der Waals surface area contributed by atoms with E-state index in [2.05, 4.69) is 24.3 Å². The van der Waals surface area contributed by atoms with Gasteiger partial charge in [0.15, 0.2) is 11.5 Å². The van der Waals surface area contributed by atoms with Gasteiger partial charge in [0, 0.05) is 24.5 Å². The minimum Gasteiger partial charge on any atom is -0.493 e. The van der Waals surface area contributed by atoms with Gasteiger partial charge in [-0.2, -0.15) is 0 Å². The highest BCUT2D eigenvalue weighted by Crippen LogP contribution is 2.37. The predicted octanol–water partition coefficient (Wildman–Crippen LogP) is 7.13. The van der Waals surface area contributed by atoms with Crippen LogP contribution in [-0.4, -0.2) is 35.1 Å². The molecule has 5 aromatic rings. The Labute approximate surface area is 249 Å². The molecule has 8 heteroatoms. The monoisotopic (exact) mass is 577 g/mol. The molecule has 1 N–H and O–H groups in total. The molecule has 0 amide bonds. The van der Waals surface area contributed by atoms with Crippen LogP contribution in [0.2, 0.25) is 0 Å². The zero-order valence-electron chi connectivity index (χ0n) is 23.9. The molecule has 218 valence electrons. The number of aromatic nitrogens is 1. The molecular formula is C35H31NO7. The second-order valence-corrected chi connectivity index (χ2v) is 10.5. The molecule has 1 aliphatic rings. The highest BCUT2D eigenvalue weighted by atomic mass is 16.7. The lowest BCUT2D eigenvalue weighted by atomic mass is 9.96. The van der Waals surface area contributed by atoms with E-state index < -0.39 is 11.6 Å². The number of nitrogens with zero attached hydrogens (tertiary/aromatic N) is 1. The summed E-state index contributed by atoms with van der Waals surface area (Å²) in [5, 5.41) is 9.97. The van der Waals surface area contributed by atoms with E-state index in [0.29, 0.717) is 41.9 Å². The first-order chi connectivity index (χ1) is 20.9. The second kappa shape index (κ2) is 11.9. The van der Waals surface area contributed by atoms with Crippen molar-refractivity contribution in [1.29, 1.82) is 0 Å². The van der Waals surface area contributed by atoms with Crippen LogP contribution in [0.25, 0.3) is 22.6 Å². The molecule has 2 heterocycles. The Kier molecular flexibility index (Phi) is 7.75. The van der Waals surface area contributed by atoms with Crippen molar-refractivity contribution in [1.82, 2.24) is 4.98 Å². The Morgan fingerprint density at radius 3 is 2.37 bits per heavy atom. The third-order valence-corrected chi connectivity index (χ3v) is 7.32. The lowest BCUT2D eigenvalue weighted by Gasteiger charge is -2.26. The van der Waals surface area contributed by atoms with Crippen LogP contribution in [0.3, 0.4) is 0 Å². The van der Waals surface area contributed by atoms with Crippen molar-refractivity contribution >= 4 is 5.97 Å². The number of hydrogen-bond acceptors (Lipinski definition) is 7. The van der Waals surface area contributed by atoms with E-state index in [1.807, 2.05) is 61.5 Å². The van der Waals surface area contributed by atoms with Gasteiger partial charge < -0.3 is 28.5 Å². The van der Waals surface area contributed by atoms with Gasteiger partial charge in [-0.1, -0.05) is 54.6 Å². The topological polar surface area (TPSA) is 100 Å². The fraction of sp³-hybridized carbons (Fsp3) is 0.200. The van der Waals surface area contributed by atoms with Gasteiger partial charge in [-0.05, 0) is 66.9 Å². The number of benzene rings is 4. The summed E-state index contributed by atoms with van der Waals surface area (Å²) >= 11 is 0. The van der Waals surface area contributed by atoms with Crippen molar-refractivity contribution in [2.75, 3.05) is 13.4 Å². The molecule has 0 aliphatic carbocycles. The molecule has 4 aromatic carbocycles. The fourth-order valence-electron chi connectivity index (χ4n) is 4.96. The number of carboxylic acid groups (broad SMARTS) is 1. The fourth-order valence-corrected chi connectivity index (χ4v) is 4.96. The highest BCUT2D eigenvalue weighted by Gasteiger charge is 2.36. The van der Waals surface area contributed by atoms with E-state index in [1.165, 1.54) is 0 Å². The van der Waals surface area contributed by atoms with E-state index in [4.69, 9.17) is 28.3 Å². The summed E-state index contributed by atoms with van der Waals surface area (Å²) in [4.78, 5) is 16.9. The van der Waals surface area contributed by atoms with Crippen LogP contribution < -0.4 is 18.9 Å². The van der Waals surface area contributed by atoms with Crippen LogP contribution in [0.1, 0.15) is 23.9 Å². The van der Waals surface area contributed by atoms with Crippen molar-refractivity contribution in [3.8, 4) is 45.6 Å². The average molecular weight is 578 g/mol. The number of aryl methyl sites for hydroxylation is 1. The Hall–Kier alpha value is -5.24. The summed E-state index contributed by atoms with van der Waals surface area (Å²) in [6.07, 6.45) is 0.735. The van der Waals surface area contributed by atoms with E-state index in [9.17, 15) is 9.90 Å². The first-order valence-corrected chi connectivity index (χ1v) is 14.0. The molecule has 0 radical (unpaired) electrons. The number of oxazole rings is 1. The molecule has 1 atom stereocenters. The predicted molar refractivity (Wildman–Crippen MR) is 161 cm³/mol. The van der Waals surface area contributed by atoms with Crippen molar-refractivity contribution in [2.24, 2.45) is 0 Å². The van der Waals surface area contributed by atoms with Gasteiger partial charge in [0.25, 0.3) is 0 Å². The summed E-state index contributed by atoms with van der Waals surface area (Å²) in [5.41, 5.74) is 3.31. The highest BCUT2D eigenvalue weighted by molar-refractivity contribution is 5.78. The SMILES string of the molecule is Cc1oc(-c2cccc(-c3ccccc3)c2)nc1CCOc1ccc(CC(C)(Oc2ccc3c(c2)OCO3)C(=O)O)cc1. The minimum atomic E-state index is -1.49. The molecule has 0 saturated carbocycles. The lowest BCUT2D eigenvalue weighted by molar-refractivity contribution is -0.153. The molecule has 1 aliphatic heterocycles. The summed E-state index contributed by atoms with van der Waals surface area (Å²) in [5.74, 6) is 2.47. The number of carboxylic acids is 1. The maximum Gasteiger partial charge on any atom is 0.348 e. The van der Waals surface area contributed by atoms with Crippen LogP contribution in [0.4, 0.5) is 0 Å². The molecular weight excluding hydrogens is 546 g/mol. The third-order valence-electron chi connectivity index (χ3n) is 7.32.